The largest absolute Gasteiger partial charge is 0.481 e. The molecule has 0 spiro atoms. The maximum atomic E-state index is 13.2. The molecule has 0 bridgehead atoms. The predicted molar refractivity (Wildman–Crippen MR) is 100 cm³/mol. The Morgan fingerprint density at radius 1 is 1.15 bits per heavy atom. The van der Waals surface area contributed by atoms with Gasteiger partial charge >= 0.3 is 5.97 Å². The van der Waals surface area contributed by atoms with Crippen LogP contribution in [-0.4, -0.2) is 31.0 Å². The third-order valence-corrected chi connectivity index (χ3v) is 5.69. The number of rotatable bonds is 8. The van der Waals surface area contributed by atoms with Gasteiger partial charge in [-0.3, -0.25) is 19.2 Å². The molecule has 27 heavy (non-hydrogen) atoms. The molecule has 0 saturated heterocycles. The second-order valence-electron chi connectivity index (χ2n) is 6.17. The monoisotopic (exact) mass is 392 g/mol. The first-order valence-electron chi connectivity index (χ1n) is 8.18. The van der Waals surface area contributed by atoms with Crippen molar-refractivity contribution in [3.05, 3.63) is 63.7 Å². The third-order valence-electron chi connectivity index (χ3n) is 3.86. The van der Waals surface area contributed by atoms with Crippen molar-refractivity contribution < 1.29 is 23.2 Å². The summed E-state index contributed by atoms with van der Waals surface area (Å²) in [6.45, 7) is 3.60. The van der Waals surface area contributed by atoms with E-state index in [1.807, 2.05) is 19.9 Å². The van der Waals surface area contributed by atoms with E-state index >= 15 is 0 Å². The van der Waals surface area contributed by atoms with Crippen LogP contribution in [0.3, 0.4) is 0 Å². The van der Waals surface area contributed by atoms with Gasteiger partial charge in [-0.15, -0.1) is 0 Å². The predicted octanol–water partition coefficient (Wildman–Crippen LogP) is 3.27. The van der Waals surface area contributed by atoms with Crippen LogP contribution >= 0.6 is 0 Å². The zero-order valence-electron chi connectivity index (χ0n) is 15.0. The van der Waals surface area contributed by atoms with E-state index in [9.17, 15) is 23.3 Å². The van der Waals surface area contributed by atoms with Crippen molar-refractivity contribution >= 4 is 27.4 Å². The SMILES string of the molecule is Cc1cc(C)cc(N(CCCC(=O)O)S(=O)(=O)c2cccc([N+](=O)[O-])c2)c1. The second-order valence-corrected chi connectivity index (χ2v) is 8.04. The van der Waals surface area contributed by atoms with Gasteiger partial charge in [-0.05, 0) is 49.6 Å². The number of nitro groups is 1. The van der Waals surface area contributed by atoms with Gasteiger partial charge in [0, 0.05) is 25.1 Å². The van der Waals surface area contributed by atoms with Gasteiger partial charge in [0.15, 0.2) is 0 Å². The van der Waals surface area contributed by atoms with Crippen LogP contribution in [0.1, 0.15) is 24.0 Å². The standard InChI is InChI=1S/C18H20N2O6S/c1-13-9-14(2)11-16(10-13)19(8-4-7-18(21)22)27(25,26)17-6-3-5-15(12-17)20(23)24/h3,5-6,9-12H,4,7-8H2,1-2H3,(H,21,22). The van der Waals surface area contributed by atoms with Crippen LogP contribution < -0.4 is 4.31 Å². The average Bonchev–Trinajstić information content (AvgIpc) is 2.57. The maximum Gasteiger partial charge on any atom is 0.303 e. The molecule has 0 amide bonds. The fourth-order valence-corrected chi connectivity index (χ4v) is 4.27. The Hall–Kier alpha value is -2.94. The Kier molecular flexibility index (Phi) is 6.17. The summed E-state index contributed by atoms with van der Waals surface area (Å²) in [4.78, 5) is 20.9. The summed E-state index contributed by atoms with van der Waals surface area (Å²) in [7, 11) is -4.11. The Bertz CT molecular complexity index is 951. The van der Waals surface area contributed by atoms with Crippen molar-refractivity contribution in [3.8, 4) is 0 Å². The van der Waals surface area contributed by atoms with Crippen molar-refractivity contribution in [2.24, 2.45) is 0 Å². The number of hydrogen-bond acceptors (Lipinski definition) is 5. The van der Waals surface area contributed by atoms with Crippen molar-refractivity contribution in [3.63, 3.8) is 0 Å². The molecule has 0 saturated carbocycles. The van der Waals surface area contributed by atoms with Gasteiger partial charge in [0.1, 0.15) is 0 Å². The topological polar surface area (TPSA) is 118 Å². The molecule has 0 atom stereocenters. The second kappa shape index (κ2) is 8.17. The summed E-state index contributed by atoms with van der Waals surface area (Å²) in [5.41, 5.74) is 1.76. The number of carboxylic acid groups (broad SMARTS) is 1. The minimum atomic E-state index is -4.11. The molecule has 0 radical (unpaired) electrons. The van der Waals surface area contributed by atoms with Crippen LogP contribution in [0.4, 0.5) is 11.4 Å². The highest BCUT2D eigenvalue weighted by molar-refractivity contribution is 7.92. The van der Waals surface area contributed by atoms with Crippen LogP contribution in [0.15, 0.2) is 47.4 Å². The minimum absolute atomic E-state index is 0.0553. The van der Waals surface area contributed by atoms with Crippen molar-refractivity contribution in [1.82, 2.24) is 0 Å². The Morgan fingerprint density at radius 2 is 1.78 bits per heavy atom. The molecule has 0 aliphatic carbocycles. The van der Waals surface area contributed by atoms with Gasteiger partial charge < -0.3 is 5.11 Å². The number of anilines is 1. The zero-order valence-corrected chi connectivity index (χ0v) is 15.8. The molecule has 1 N–H and O–H groups in total. The highest BCUT2D eigenvalue weighted by Crippen LogP contribution is 2.28. The first-order chi connectivity index (χ1) is 12.6. The van der Waals surface area contributed by atoms with Gasteiger partial charge in [0.2, 0.25) is 0 Å². The van der Waals surface area contributed by atoms with E-state index < -0.39 is 20.9 Å². The fourth-order valence-electron chi connectivity index (χ4n) is 2.74. The van der Waals surface area contributed by atoms with Crippen LogP contribution in [0, 0.1) is 24.0 Å². The van der Waals surface area contributed by atoms with E-state index in [1.54, 1.807) is 12.1 Å². The lowest BCUT2D eigenvalue weighted by molar-refractivity contribution is -0.385. The van der Waals surface area contributed by atoms with Gasteiger partial charge in [0.25, 0.3) is 15.7 Å². The lowest BCUT2D eigenvalue weighted by Crippen LogP contribution is -2.32. The number of benzene rings is 2. The van der Waals surface area contributed by atoms with E-state index in [-0.39, 0.29) is 30.0 Å². The van der Waals surface area contributed by atoms with Crippen LogP contribution in [0.2, 0.25) is 0 Å². The number of aryl methyl sites for hydroxylation is 2. The quantitative estimate of drug-likeness (QED) is 0.544. The first kappa shape index (κ1) is 20.4. The number of nitro benzene ring substituents is 1. The van der Waals surface area contributed by atoms with Crippen LogP contribution in [0.25, 0.3) is 0 Å². The first-order valence-corrected chi connectivity index (χ1v) is 9.62. The summed E-state index contributed by atoms with van der Waals surface area (Å²) in [6, 6.07) is 10.1. The number of sulfonamides is 1. The smallest absolute Gasteiger partial charge is 0.303 e. The van der Waals surface area contributed by atoms with Gasteiger partial charge in [-0.25, -0.2) is 8.42 Å². The Balaban J connectivity index is 2.51. The third kappa shape index (κ3) is 5.04. The van der Waals surface area contributed by atoms with E-state index in [2.05, 4.69) is 0 Å². The highest BCUT2D eigenvalue weighted by atomic mass is 32.2. The molecule has 2 rings (SSSR count). The zero-order chi connectivity index (χ0) is 20.2. The average molecular weight is 392 g/mol. The number of non-ortho nitro benzene ring substituents is 1. The molecule has 8 nitrogen and oxygen atoms in total. The minimum Gasteiger partial charge on any atom is -0.481 e. The fraction of sp³-hybridized carbons (Fsp3) is 0.278. The molecule has 9 heteroatoms. The van der Waals surface area contributed by atoms with Gasteiger partial charge in [0.05, 0.1) is 15.5 Å². The lowest BCUT2D eigenvalue weighted by atomic mass is 10.1. The summed E-state index contributed by atoms with van der Waals surface area (Å²) in [5.74, 6) is -1.02. The molecule has 2 aromatic rings. The lowest BCUT2D eigenvalue weighted by Gasteiger charge is -2.25. The summed E-state index contributed by atoms with van der Waals surface area (Å²) >= 11 is 0. The molecule has 0 aromatic heterocycles. The molecule has 144 valence electrons. The van der Waals surface area contributed by atoms with Crippen molar-refractivity contribution in [2.45, 2.75) is 31.6 Å². The Morgan fingerprint density at radius 3 is 2.33 bits per heavy atom. The molecule has 0 heterocycles. The normalized spacial score (nSPS) is 11.2. The molecule has 0 fully saturated rings. The Labute approximate surface area is 157 Å². The van der Waals surface area contributed by atoms with E-state index in [0.29, 0.717) is 5.69 Å². The van der Waals surface area contributed by atoms with E-state index in [0.717, 1.165) is 21.5 Å². The van der Waals surface area contributed by atoms with Crippen LogP contribution in [-0.2, 0) is 14.8 Å². The molecular formula is C18H20N2O6S. The molecule has 0 unspecified atom stereocenters. The van der Waals surface area contributed by atoms with E-state index in [1.165, 1.54) is 18.2 Å². The summed E-state index contributed by atoms with van der Waals surface area (Å²) < 4.78 is 27.4. The molecule has 2 aromatic carbocycles. The maximum absolute atomic E-state index is 13.2. The number of nitrogens with zero attached hydrogens (tertiary/aromatic N) is 2. The molecule has 0 aliphatic heterocycles. The molecular weight excluding hydrogens is 372 g/mol. The van der Waals surface area contributed by atoms with Crippen molar-refractivity contribution in [1.29, 1.82) is 0 Å². The highest BCUT2D eigenvalue weighted by Gasteiger charge is 2.27. The molecule has 0 aliphatic rings. The number of aliphatic carboxylic acids is 1. The van der Waals surface area contributed by atoms with Gasteiger partial charge in [-0.1, -0.05) is 12.1 Å². The van der Waals surface area contributed by atoms with Crippen molar-refractivity contribution in [2.75, 3.05) is 10.8 Å². The summed E-state index contributed by atoms with van der Waals surface area (Å²) in [6.07, 6.45) is -0.0811. The number of hydrogen-bond donors (Lipinski definition) is 1. The number of carbonyl (C=O) groups is 1. The van der Waals surface area contributed by atoms with E-state index in [4.69, 9.17) is 5.11 Å². The number of carboxylic acids is 1. The van der Waals surface area contributed by atoms with Crippen LogP contribution in [0.5, 0.6) is 0 Å². The summed E-state index contributed by atoms with van der Waals surface area (Å²) in [5, 5.41) is 19.8. The van der Waals surface area contributed by atoms with Gasteiger partial charge in [-0.2, -0.15) is 0 Å².